The van der Waals surface area contributed by atoms with Crippen LogP contribution >= 0.6 is 11.6 Å². The minimum Gasteiger partial charge on any atom is -0.444 e. The highest BCUT2D eigenvalue weighted by atomic mass is 35.5. The number of furan rings is 1. The molecular formula is C19H15ClN6O3. The minimum atomic E-state index is -0.783. The van der Waals surface area contributed by atoms with E-state index in [9.17, 15) is 9.59 Å². The first-order chi connectivity index (χ1) is 13.9. The van der Waals surface area contributed by atoms with Gasteiger partial charge in [-0.1, -0.05) is 17.7 Å². The molecule has 3 heterocycles. The highest BCUT2D eigenvalue weighted by molar-refractivity contribution is 6.30. The molecule has 146 valence electrons. The van der Waals surface area contributed by atoms with Crippen molar-refractivity contribution in [3.63, 3.8) is 0 Å². The SMILES string of the molecule is CC(=O)c1c(C)oc(Nc2ncnc3c2cnn3-c2cccc(Cl)c2)c1C(N)=O. The second-order valence-electron chi connectivity index (χ2n) is 6.28. The smallest absolute Gasteiger partial charge is 0.255 e. The summed E-state index contributed by atoms with van der Waals surface area (Å²) in [6.07, 6.45) is 2.92. The number of carbonyl (C=O) groups excluding carboxylic acids is 2. The highest BCUT2D eigenvalue weighted by Gasteiger charge is 2.26. The van der Waals surface area contributed by atoms with Gasteiger partial charge in [0.2, 0.25) is 5.88 Å². The van der Waals surface area contributed by atoms with Crippen molar-refractivity contribution in [2.75, 3.05) is 5.32 Å². The number of hydrogen-bond acceptors (Lipinski definition) is 7. The van der Waals surface area contributed by atoms with E-state index in [1.165, 1.54) is 13.3 Å². The molecule has 0 fully saturated rings. The molecule has 0 unspecified atom stereocenters. The predicted octanol–water partition coefficient (Wildman–Crippen LogP) is 3.42. The zero-order valence-electron chi connectivity index (χ0n) is 15.4. The van der Waals surface area contributed by atoms with Gasteiger partial charge in [-0.05, 0) is 32.0 Å². The van der Waals surface area contributed by atoms with E-state index < -0.39 is 5.91 Å². The van der Waals surface area contributed by atoms with E-state index >= 15 is 0 Å². The second-order valence-corrected chi connectivity index (χ2v) is 6.72. The van der Waals surface area contributed by atoms with Gasteiger partial charge in [0.15, 0.2) is 11.4 Å². The molecule has 0 atom stereocenters. The third kappa shape index (κ3) is 3.21. The second kappa shape index (κ2) is 7.02. The number of amides is 1. The Hall–Kier alpha value is -3.72. The van der Waals surface area contributed by atoms with Gasteiger partial charge in [-0.25, -0.2) is 14.6 Å². The maximum atomic E-state index is 11.9. The number of carbonyl (C=O) groups is 2. The number of nitrogens with one attached hydrogen (secondary N) is 1. The monoisotopic (exact) mass is 410 g/mol. The van der Waals surface area contributed by atoms with Gasteiger partial charge in [-0.3, -0.25) is 9.59 Å². The van der Waals surface area contributed by atoms with Gasteiger partial charge in [0.05, 0.1) is 22.8 Å². The number of anilines is 2. The molecule has 0 aliphatic carbocycles. The van der Waals surface area contributed by atoms with Crippen molar-refractivity contribution in [1.82, 2.24) is 19.7 Å². The minimum absolute atomic E-state index is 0.0241. The van der Waals surface area contributed by atoms with Gasteiger partial charge in [-0.2, -0.15) is 5.10 Å². The Balaban J connectivity index is 1.82. The number of fused-ring (bicyclic) bond motifs is 1. The molecule has 0 radical (unpaired) electrons. The molecule has 3 aromatic heterocycles. The lowest BCUT2D eigenvalue weighted by molar-refractivity contribution is 0.0974. The fourth-order valence-electron chi connectivity index (χ4n) is 3.14. The van der Waals surface area contributed by atoms with Crippen LogP contribution in [0.1, 0.15) is 33.4 Å². The third-order valence-electron chi connectivity index (χ3n) is 4.33. The summed E-state index contributed by atoms with van der Waals surface area (Å²) in [5, 5.41) is 8.43. The van der Waals surface area contributed by atoms with Crippen molar-refractivity contribution in [3.8, 4) is 5.69 Å². The van der Waals surface area contributed by atoms with Crippen LogP contribution in [-0.4, -0.2) is 31.4 Å². The van der Waals surface area contributed by atoms with E-state index in [4.69, 9.17) is 21.8 Å². The molecule has 4 aromatic rings. The molecule has 4 rings (SSSR count). The summed E-state index contributed by atoms with van der Waals surface area (Å²) in [7, 11) is 0. The maximum absolute atomic E-state index is 11.9. The average molecular weight is 411 g/mol. The predicted molar refractivity (Wildman–Crippen MR) is 107 cm³/mol. The summed E-state index contributed by atoms with van der Waals surface area (Å²) in [6.45, 7) is 2.92. The molecule has 0 aliphatic rings. The van der Waals surface area contributed by atoms with Crippen LogP contribution in [0.5, 0.6) is 0 Å². The molecule has 0 bridgehead atoms. The number of ketones is 1. The number of hydrogen-bond donors (Lipinski definition) is 2. The first-order valence-electron chi connectivity index (χ1n) is 8.52. The quantitative estimate of drug-likeness (QED) is 0.482. The number of Topliss-reactive ketones (excluding diaryl/α,β-unsaturated/α-hetero) is 1. The van der Waals surface area contributed by atoms with Gasteiger partial charge in [0, 0.05) is 5.02 Å². The molecule has 0 saturated heterocycles. The van der Waals surface area contributed by atoms with E-state index in [0.717, 1.165) is 5.69 Å². The summed E-state index contributed by atoms with van der Waals surface area (Å²) >= 11 is 6.07. The molecule has 0 spiro atoms. The van der Waals surface area contributed by atoms with Crippen LogP contribution in [0.4, 0.5) is 11.7 Å². The molecule has 1 amide bonds. The van der Waals surface area contributed by atoms with Crippen LogP contribution in [0.15, 0.2) is 41.2 Å². The Morgan fingerprint density at radius 1 is 1.24 bits per heavy atom. The van der Waals surface area contributed by atoms with Crippen LogP contribution < -0.4 is 11.1 Å². The average Bonchev–Trinajstić information content (AvgIpc) is 3.23. The Labute approximate surface area is 169 Å². The van der Waals surface area contributed by atoms with E-state index in [1.54, 1.807) is 36.0 Å². The van der Waals surface area contributed by atoms with Gasteiger partial charge < -0.3 is 15.5 Å². The normalized spacial score (nSPS) is 11.0. The molecule has 0 saturated carbocycles. The lowest BCUT2D eigenvalue weighted by Gasteiger charge is -2.06. The topological polar surface area (TPSA) is 129 Å². The van der Waals surface area contributed by atoms with E-state index in [2.05, 4.69) is 20.4 Å². The lowest BCUT2D eigenvalue weighted by Crippen LogP contribution is -2.16. The van der Waals surface area contributed by atoms with Gasteiger partial charge in [-0.15, -0.1) is 0 Å². The zero-order valence-corrected chi connectivity index (χ0v) is 16.2. The fourth-order valence-corrected chi connectivity index (χ4v) is 3.32. The summed E-state index contributed by atoms with van der Waals surface area (Å²) in [6, 6.07) is 7.16. The zero-order chi connectivity index (χ0) is 20.7. The molecular weight excluding hydrogens is 396 g/mol. The summed E-state index contributed by atoms with van der Waals surface area (Å²) < 4.78 is 7.20. The van der Waals surface area contributed by atoms with Gasteiger partial charge in [0.25, 0.3) is 5.91 Å². The lowest BCUT2D eigenvalue weighted by atomic mass is 10.1. The Bertz CT molecular complexity index is 1280. The molecule has 3 N–H and O–H groups in total. The third-order valence-corrected chi connectivity index (χ3v) is 4.57. The van der Waals surface area contributed by atoms with Crippen molar-refractivity contribution in [2.24, 2.45) is 5.73 Å². The van der Waals surface area contributed by atoms with E-state index in [0.29, 0.717) is 21.9 Å². The fraction of sp³-hybridized carbons (Fsp3) is 0.105. The molecule has 1 aromatic carbocycles. The van der Waals surface area contributed by atoms with Crippen LogP contribution in [-0.2, 0) is 0 Å². The number of rotatable bonds is 5. The number of halogens is 1. The van der Waals surface area contributed by atoms with Crippen LogP contribution in [0, 0.1) is 6.92 Å². The first kappa shape index (κ1) is 18.6. The molecule has 29 heavy (non-hydrogen) atoms. The van der Waals surface area contributed by atoms with Gasteiger partial charge in [0.1, 0.15) is 23.5 Å². The maximum Gasteiger partial charge on any atom is 0.255 e. The molecule has 0 aliphatic heterocycles. The summed E-state index contributed by atoms with van der Waals surface area (Å²) in [4.78, 5) is 32.4. The van der Waals surface area contributed by atoms with Crippen LogP contribution in [0.3, 0.4) is 0 Å². The highest BCUT2D eigenvalue weighted by Crippen LogP contribution is 2.31. The molecule has 10 heteroatoms. The van der Waals surface area contributed by atoms with E-state index in [1.807, 2.05) is 6.07 Å². The number of benzene rings is 1. The van der Waals surface area contributed by atoms with Gasteiger partial charge >= 0.3 is 0 Å². The Morgan fingerprint density at radius 3 is 2.72 bits per heavy atom. The van der Waals surface area contributed by atoms with E-state index in [-0.39, 0.29) is 28.6 Å². The van der Waals surface area contributed by atoms with Crippen molar-refractivity contribution in [3.05, 3.63) is 58.7 Å². The molecule has 9 nitrogen and oxygen atoms in total. The van der Waals surface area contributed by atoms with Crippen LogP contribution in [0.2, 0.25) is 5.02 Å². The number of nitrogens with zero attached hydrogens (tertiary/aromatic N) is 4. The van der Waals surface area contributed by atoms with Crippen molar-refractivity contribution in [1.29, 1.82) is 0 Å². The Kier molecular flexibility index (Phi) is 4.51. The first-order valence-corrected chi connectivity index (χ1v) is 8.90. The Morgan fingerprint density at radius 2 is 2.03 bits per heavy atom. The number of aryl methyl sites for hydroxylation is 1. The summed E-state index contributed by atoms with van der Waals surface area (Å²) in [5.41, 5.74) is 6.83. The van der Waals surface area contributed by atoms with Crippen molar-refractivity contribution >= 4 is 46.0 Å². The van der Waals surface area contributed by atoms with Crippen LogP contribution in [0.25, 0.3) is 16.7 Å². The number of aromatic nitrogens is 4. The number of nitrogens with two attached hydrogens (primary N) is 1. The van der Waals surface area contributed by atoms with Crippen molar-refractivity contribution in [2.45, 2.75) is 13.8 Å². The van der Waals surface area contributed by atoms with Crippen molar-refractivity contribution < 1.29 is 14.0 Å². The summed E-state index contributed by atoms with van der Waals surface area (Å²) in [5.74, 6) is -0.441. The largest absolute Gasteiger partial charge is 0.444 e. The number of primary amides is 1. The standard InChI is InChI=1S/C19H15ClN6O3/c1-9(27)14-10(2)29-19(15(14)16(21)28)25-17-13-7-24-26(18(13)23-8-22-17)12-5-3-4-11(20)6-12/h3-8H,1-2H3,(H2,21,28)(H,22,23,25).